The third kappa shape index (κ3) is 4.50. The quantitative estimate of drug-likeness (QED) is 0.814. The van der Waals surface area contributed by atoms with Gasteiger partial charge in [0.25, 0.3) is 0 Å². The number of carbonyl (C=O) groups is 1. The van der Waals surface area contributed by atoms with E-state index in [9.17, 15) is 4.79 Å². The minimum Gasteiger partial charge on any atom is -0.351 e. The molecule has 1 aromatic carbocycles. The maximum atomic E-state index is 12.4. The molecule has 1 fully saturated rings. The number of hydrogen-bond acceptors (Lipinski definition) is 3. The number of thioether (sulfide) groups is 1. The summed E-state index contributed by atoms with van der Waals surface area (Å²) in [6.45, 7) is 5.89. The summed E-state index contributed by atoms with van der Waals surface area (Å²) in [4.78, 5) is 13.5. The lowest BCUT2D eigenvalue weighted by Gasteiger charge is -2.29. The van der Waals surface area contributed by atoms with Crippen LogP contribution >= 0.6 is 27.7 Å². The summed E-state index contributed by atoms with van der Waals surface area (Å²) < 4.78 is 0.586. The number of carbonyl (C=O) groups excluding carboxylic acids is 1. The molecule has 0 saturated carbocycles. The van der Waals surface area contributed by atoms with Gasteiger partial charge in [-0.25, -0.2) is 0 Å². The van der Waals surface area contributed by atoms with Crippen molar-refractivity contribution in [1.29, 1.82) is 0 Å². The van der Waals surface area contributed by atoms with Gasteiger partial charge in [0.2, 0.25) is 5.91 Å². The summed E-state index contributed by atoms with van der Waals surface area (Å²) in [6, 6.07) is 8.33. The van der Waals surface area contributed by atoms with Crippen LogP contribution in [-0.2, 0) is 4.79 Å². The molecule has 0 radical (unpaired) electrons. The number of rotatable bonds is 4. The van der Waals surface area contributed by atoms with Crippen molar-refractivity contribution in [3.8, 4) is 0 Å². The van der Waals surface area contributed by atoms with E-state index in [1.807, 2.05) is 38.1 Å². The van der Waals surface area contributed by atoms with Crippen LogP contribution in [0, 0.1) is 0 Å². The Morgan fingerprint density at radius 2 is 2.10 bits per heavy atom. The van der Waals surface area contributed by atoms with Crippen LogP contribution in [0.3, 0.4) is 0 Å². The average molecular weight is 357 g/mol. The van der Waals surface area contributed by atoms with Crippen molar-refractivity contribution in [3.05, 3.63) is 28.7 Å². The average Bonchev–Trinajstić information content (AvgIpc) is 2.42. The number of benzene rings is 1. The van der Waals surface area contributed by atoms with Gasteiger partial charge < -0.3 is 10.6 Å². The SMILES string of the molecule is CC(C)(Sc1ccc(Br)cc1)C(=O)NC1CCCNC1. The molecule has 0 aliphatic carbocycles. The summed E-state index contributed by atoms with van der Waals surface area (Å²) in [5.41, 5.74) is 0. The third-order valence-electron chi connectivity index (χ3n) is 3.37. The van der Waals surface area contributed by atoms with Crippen LogP contribution in [0.2, 0.25) is 0 Å². The van der Waals surface area contributed by atoms with Gasteiger partial charge in [0.1, 0.15) is 0 Å². The topological polar surface area (TPSA) is 41.1 Å². The highest BCUT2D eigenvalue weighted by Crippen LogP contribution is 2.33. The van der Waals surface area contributed by atoms with Gasteiger partial charge in [-0.15, -0.1) is 11.8 Å². The lowest BCUT2D eigenvalue weighted by molar-refractivity contribution is -0.123. The van der Waals surface area contributed by atoms with Gasteiger partial charge in [-0.2, -0.15) is 0 Å². The number of hydrogen-bond donors (Lipinski definition) is 2. The Bertz CT molecular complexity index is 455. The summed E-state index contributed by atoms with van der Waals surface area (Å²) in [6.07, 6.45) is 2.20. The van der Waals surface area contributed by atoms with Gasteiger partial charge in [0, 0.05) is 22.0 Å². The monoisotopic (exact) mass is 356 g/mol. The van der Waals surface area contributed by atoms with E-state index in [1.54, 1.807) is 11.8 Å². The van der Waals surface area contributed by atoms with Crippen molar-refractivity contribution in [2.45, 2.75) is 42.4 Å². The fourth-order valence-corrected chi connectivity index (χ4v) is 3.46. The molecule has 1 heterocycles. The van der Waals surface area contributed by atoms with Crippen LogP contribution < -0.4 is 10.6 Å². The first kappa shape index (κ1) is 15.9. The fraction of sp³-hybridized carbons (Fsp3) is 0.533. The van der Waals surface area contributed by atoms with Gasteiger partial charge in [-0.1, -0.05) is 15.9 Å². The zero-order valence-electron chi connectivity index (χ0n) is 11.9. The molecule has 5 heteroatoms. The normalized spacial score (nSPS) is 19.6. The highest BCUT2D eigenvalue weighted by molar-refractivity contribution is 9.10. The molecule has 2 N–H and O–H groups in total. The maximum absolute atomic E-state index is 12.4. The zero-order valence-corrected chi connectivity index (χ0v) is 14.3. The molecule has 20 heavy (non-hydrogen) atoms. The number of piperidine rings is 1. The summed E-state index contributed by atoms with van der Waals surface area (Å²) in [5.74, 6) is 0.110. The molecule has 1 unspecified atom stereocenters. The van der Waals surface area contributed by atoms with Crippen molar-refractivity contribution >= 4 is 33.6 Å². The highest BCUT2D eigenvalue weighted by Gasteiger charge is 2.30. The van der Waals surface area contributed by atoms with E-state index >= 15 is 0 Å². The largest absolute Gasteiger partial charge is 0.351 e. The van der Waals surface area contributed by atoms with Crippen molar-refractivity contribution in [1.82, 2.24) is 10.6 Å². The molecule has 2 rings (SSSR count). The molecule has 3 nitrogen and oxygen atoms in total. The predicted octanol–water partition coefficient (Wildman–Crippen LogP) is 3.19. The van der Waals surface area contributed by atoms with Crippen LogP contribution in [0.4, 0.5) is 0 Å². The molecule has 0 aromatic heterocycles. The molecule has 0 bridgehead atoms. The Labute approximate surface area is 133 Å². The molecular formula is C15H21BrN2OS. The Morgan fingerprint density at radius 1 is 1.40 bits per heavy atom. The van der Waals surface area contributed by atoms with E-state index in [1.165, 1.54) is 0 Å². The summed E-state index contributed by atoms with van der Waals surface area (Å²) in [5, 5.41) is 6.48. The molecule has 1 aliphatic heterocycles. The first-order valence-electron chi connectivity index (χ1n) is 6.94. The molecular weight excluding hydrogens is 336 g/mol. The standard InChI is InChI=1S/C15H21BrN2OS/c1-15(2,20-13-7-5-11(16)6-8-13)14(19)18-12-4-3-9-17-10-12/h5-8,12,17H,3-4,9-10H2,1-2H3,(H,18,19). The maximum Gasteiger partial charge on any atom is 0.236 e. The van der Waals surface area contributed by atoms with E-state index in [0.29, 0.717) is 0 Å². The molecule has 1 aliphatic rings. The lowest BCUT2D eigenvalue weighted by atomic mass is 10.1. The predicted molar refractivity (Wildman–Crippen MR) is 88.1 cm³/mol. The van der Waals surface area contributed by atoms with Crippen molar-refractivity contribution in [2.24, 2.45) is 0 Å². The van der Waals surface area contributed by atoms with E-state index in [4.69, 9.17) is 0 Å². The lowest BCUT2D eigenvalue weighted by Crippen LogP contribution is -2.50. The van der Waals surface area contributed by atoms with E-state index in [0.717, 1.165) is 35.3 Å². The Morgan fingerprint density at radius 3 is 2.70 bits per heavy atom. The molecule has 0 spiro atoms. The number of nitrogens with one attached hydrogen (secondary N) is 2. The summed E-state index contributed by atoms with van der Waals surface area (Å²) >= 11 is 5.02. The highest BCUT2D eigenvalue weighted by atomic mass is 79.9. The second kappa shape index (κ2) is 6.96. The molecule has 1 aromatic rings. The smallest absolute Gasteiger partial charge is 0.236 e. The van der Waals surface area contributed by atoms with Crippen LogP contribution in [0.1, 0.15) is 26.7 Å². The van der Waals surface area contributed by atoms with Gasteiger partial charge in [0.15, 0.2) is 0 Å². The molecule has 1 amide bonds. The second-order valence-electron chi connectivity index (χ2n) is 5.58. The molecule has 1 saturated heterocycles. The minimum absolute atomic E-state index is 0.110. The number of amides is 1. The Balaban J connectivity index is 1.94. The van der Waals surface area contributed by atoms with Crippen LogP contribution in [0.5, 0.6) is 0 Å². The molecule has 1 atom stereocenters. The van der Waals surface area contributed by atoms with Crippen molar-refractivity contribution in [2.75, 3.05) is 13.1 Å². The Hall–Kier alpha value is -0.520. The first-order valence-corrected chi connectivity index (χ1v) is 8.54. The van der Waals surface area contributed by atoms with Gasteiger partial charge in [-0.05, 0) is 57.5 Å². The van der Waals surface area contributed by atoms with Crippen LogP contribution in [0.15, 0.2) is 33.6 Å². The minimum atomic E-state index is -0.467. The Kier molecular flexibility index (Phi) is 5.52. The van der Waals surface area contributed by atoms with Gasteiger partial charge in [0.05, 0.1) is 4.75 Å². The van der Waals surface area contributed by atoms with E-state index < -0.39 is 4.75 Å². The van der Waals surface area contributed by atoms with Gasteiger partial charge >= 0.3 is 0 Å². The van der Waals surface area contributed by atoms with Crippen LogP contribution in [0.25, 0.3) is 0 Å². The van der Waals surface area contributed by atoms with Crippen LogP contribution in [-0.4, -0.2) is 29.8 Å². The second-order valence-corrected chi connectivity index (χ2v) is 8.19. The number of halogens is 1. The van der Waals surface area contributed by atoms with E-state index in [2.05, 4.69) is 26.6 Å². The molecule has 110 valence electrons. The zero-order chi connectivity index (χ0) is 14.6. The van der Waals surface area contributed by atoms with E-state index in [-0.39, 0.29) is 11.9 Å². The fourth-order valence-electron chi connectivity index (χ4n) is 2.18. The first-order chi connectivity index (χ1) is 9.47. The summed E-state index contributed by atoms with van der Waals surface area (Å²) in [7, 11) is 0. The third-order valence-corrected chi connectivity index (χ3v) is 5.10. The van der Waals surface area contributed by atoms with Crippen molar-refractivity contribution < 1.29 is 4.79 Å². The van der Waals surface area contributed by atoms with Gasteiger partial charge in [-0.3, -0.25) is 4.79 Å². The van der Waals surface area contributed by atoms with Crippen molar-refractivity contribution in [3.63, 3.8) is 0 Å².